The van der Waals surface area contributed by atoms with Crippen LogP contribution in [0.25, 0.3) is 0 Å². The van der Waals surface area contributed by atoms with Crippen molar-refractivity contribution in [2.75, 3.05) is 0 Å². The molecular formula is C23H43N5O6. The molecule has 0 bridgehead atoms. The molecule has 0 fully saturated rings. The van der Waals surface area contributed by atoms with Gasteiger partial charge in [-0.05, 0) is 30.6 Å². The van der Waals surface area contributed by atoms with Crippen molar-refractivity contribution in [3.63, 3.8) is 0 Å². The Bertz CT molecular complexity index is 714. The number of carboxylic acids is 1. The minimum atomic E-state index is -1.33. The first-order valence-electron chi connectivity index (χ1n) is 11.9. The summed E-state index contributed by atoms with van der Waals surface area (Å²) in [7, 11) is 0. The molecule has 34 heavy (non-hydrogen) atoms. The van der Waals surface area contributed by atoms with Gasteiger partial charge in [-0.3, -0.25) is 19.2 Å². The number of carbonyl (C=O) groups excluding carboxylic acids is 4. The van der Waals surface area contributed by atoms with E-state index in [-0.39, 0.29) is 37.0 Å². The van der Waals surface area contributed by atoms with E-state index in [0.717, 1.165) is 0 Å². The average Bonchev–Trinajstić information content (AvgIpc) is 2.76. The first kappa shape index (κ1) is 31.3. The predicted molar refractivity (Wildman–Crippen MR) is 128 cm³/mol. The van der Waals surface area contributed by atoms with E-state index < -0.39 is 53.8 Å². The molecule has 11 heteroatoms. The maximum absolute atomic E-state index is 13.1. The minimum absolute atomic E-state index is 0.000383. The van der Waals surface area contributed by atoms with Crippen molar-refractivity contribution in [2.45, 2.75) is 97.8 Å². The van der Waals surface area contributed by atoms with Crippen LogP contribution in [0.4, 0.5) is 0 Å². The molecule has 0 spiro atoms. The van der Waals surface area contributed by atoms with Gasteiger partial charge in [0.05, 0.1) is 6.04 Å². The fourth-order valence-electron chi connectivity index (χ4n) is 3.24. The second-order valence-electron chi connectivity index (χ2n) is 9.38. The molecule has 0 aromatic heterocycles. The quantitative estimate of drug-likeness (QED) is 0.180. The van der Waals surface area contributed by atoms with Gasteiger partial charge in [-0.2, -0.15) is 0 Å². The molecule has 196 valence electrons. The Morgan fingerprint density at radius 2 is 1.32 bits per heavy atom. The first-order valence-corrected chi connectivity index (χ1v) is 11.9. The Kier molecular flexibility index (Phi) is 14.1. The fourth-order valence-corrected chi connectivity index (χ4v) is 3.24. The van der Waals surface area contributed by atoms with E-state index >= 15 is 0 Å². The van der Waals surface area contributed by atoms with Crippen LogP contribution in [0.2, 0.25) is 0 Å². The lowest BCUT2D eigenvalue weighted by Crippen LogP contribution is -2.59. The number of carboxylic acid groups (broad SMARTS) is 1. The third-order valence-corrected chi connectivity index (χ3v) is 5.99. The number of nitrogens with two attached hydrogens (primary N) is 2. The normalized spacial score (nSPS) is 16.5. The predicted octanol–water partition coefficient (Wildman–Crippen LogP) is 0.257. The molecule has 0 heterocycles. The number of carbonyl (C=O) groups is 5. The number of aliphatic carboxylic acids is 1. The number of nitrogens with one attached hydrogen (secondary N) is 3. The van der Waals surface area contributed by atoms with Gasteiger partial charge in [0.25, 0.3) is 0 Å². The summed E-state index contributed by atoms with van der Waals surface area (Å²) in [5.74, 6) is -4.00. The highest BCUT2D eigenvalue weighted by molar-refractivity contribution is 5.94. The topological polar surface area (TPSA) is 194 Å². The lowest BCUT2D eigenvalue weighted by atomic mass is 9.94. The smallest absolute Gasteiger partial charge is 0.326 e. The van der Waals surface area contributed by atoms with E-state index in [2.05, 4.69) is 16.0 Å². The summed E-state index contributed by atoms with van der Waals surface area (Å²) >= 11 is 0. The zero-order valence-corrected chi connectivity index (χ0v) is 21.2. The van der Waals surface area contributed by atoms with Crippen molar-refractivity contribution in [3.05, 3.63) is 0 Å². The zero-order valence-electron chi connectivity index (χ0n) is 21.2. The summed E-state index contributed by atoms with van der Waals surface area (Å²) in [6, 6.07) is -4.05. The monoisotopic (exact) mass is 485 g/mol. The Morgan fingerprint density at radius 1 is 0.794 bits per heavy atom. The molecule has 8 N–H and O–H groups in total. The van der Waals surface area contributed by atoms with Crippen molar-refractivity contribution in [3.8, 4) is 0 Å². The molecule has 6 atom stereocenters. The van der Waals surface area contributed by atoms with Gasteiger partial charge in [-0.25, -0.2) is 4.79 Å². The Morgan fingerprint density at radius 3 is 1.76 bits per heavy atom. The Labute approximate surface area is 202 Å². The SMILES string of the molecule is CCC(C)C(N)C(=O)NC(C(=O)NC(CC(C)C)C(=O)NC(CCC(N)=O)C(=O)O)C(C)CC. The summed E-state index contributed by atoms with van der Waals surface area (Å²) in [5, 5.41) is 17.1. The Balaban J connectivity index is 5.59. The standard InChI is InChI=1S/C23H43N5O6/c1-7-13(5)18(25)21(31)28-19(14(6)8-2)22(32)27-16(11-12(3)4)20(30)26-15(23(33)34)9-10-17(24)29/h12-16,18-19H,7-11,25H2,1-6H3,(H2,24,29)(H,26,30)(H,27,32)(H,28,31)(H,33,34). The summed E-state index contributed by atoms with van der Waals surface area (Å²) < 4.78 is 0. The molecule has 4 amide bonds. The van der Waals surface area contributed by atoms with E-state index in [1.807, 2.05) is 34.6 Å². The van der Waals surface area contributed by atoms with E-state index in [1.54, 1.807) is 6.92 Å². The van der Waals surface area contributed by atoms with Crippen LogP contribution in [0.15, 0.2) is 0 Å². The van der Waals surface area contributed by atoms with Crippen LogP contribution in [0.5, 0.6) is 0 Å². The second kappa shape index (κ2) is 15.3. The van der Waals surface area contributed by atoms with Crippen LogP contribution in [-0.2, 0) is 24.0 Å². The summed E-state index contributed by atoms with van der Waals surface area (Å²) in [4.78, 5) is 61.2. The van der Waals surface area contributed by atoms with Crippen molar-refractivity contribution < 1.29 is 29.1 Å². The van der Waals surface area contributed by atoms with Gasteiger partial charge in [0, 0.05) is 6.42 Å². The molecular weight excluding hydrogens is 442 g/mol. The van der Waals surface area contributed by atoms with Gasteiger partial charge in [0.1, 0.15) is 18.1 Å². The lowest BCUT2D eigenvalue weighted by Gasteiger charge is -2.29. The van der Waals surface area contributed by atoms with Gasteiger partial charge in [-0.1, -0.05) is 54.4 Å². The van der Waals surface area contributed by atoms with Crippen LogP contribution < -0.4 is 27.4 Å². The van der Waals surface area contributed by atoms with Gasteiger partial charge in [0.15, 0.2) is 0 Å². The highest BCUT2D eigenvalue weighted by Gasteiger charge is 2.33. The van der Waals surface area contributed by atoms with Crippen molar-refractivity contribution >= 4 is 29.6 Å². The number of hydrogen-bond acceptors (Lipinski definition) is 6. The lowest BCUT2D eigenvalue weighted by molar-refractivity contribution is -0.142. The highest BCUT2D eigenvalue weighted by Crippen LogP contribution is 2.13. The first-order chi connectivity index (χ1) is 15.7. The van der Waals surface area contributed by atoms with Gasteiger partial charge >= 0.3 is 5.97 Å². The highest BCUT2D eigenvalue weighted by atomic mass is 16.4. The van der Waals surface area contributed by atoms with Crippen molar-refractivity contribution in [1.82, 2.24) is 16.0 Å². The molecule has 0 aromatic carbocycles. The van der Waals surface area contributed by atoms with Crippen LogP contribution in [0.1, 0.15) is 73.6 Å². The molecule has 0 aliphatic carbocycles. The molecule has 0 aliphatic rings. The number of amides is 4. The van der Waals surface area contributed by atoms with E-state index in [1.165, 1.54) is 0 Å². The average molecular weight is 486 g/mol. The fraction of sp³-hybridized carbons (Fsp3) is 0.783. The summed E-state index contributed by atoms with van der Waals surface area (Å²) in [6.45, 7) is 11.2. The van der Waals surface area contributed by atoms with E-state index in [4.69, 9.17) is 11.5 Å². The van der Waals surface area contributed by atoms with Crippen molar-refractivity contribution in [2.24, 2.45) is 29.2 Å². The Hall–Kier alpha value is -2.69. The third-order valence-electron chi connectivity index (χ3n) is 5.99. The molecule has 0 aromatic rings. The largest absolute Gasteiger partial charge is 0.480 e. The van der Waals surface area contributed by atoms with Crippen molar-refractivity contribution in [1.29, 1.82) is 0 Å². The van der Waals surface area contributed by atoms with E-state index in [0.29, 0.717) is 12.8 Å². The number of primary amides is 1. The molecule has 0 saturated heterocycles. The number of hydrogen-bond donors (Lipinski definition) is 6. The molecule has 0 aliphatic heterocycles. The van der Waals surface area contributed by atoms with Gasteiger partial charge in [-0.15, -0.1) is 0 Å². The molecule has 0 radical (unpaired) electrons. The molecule has 6 unspecified atom stereocenters. The summed E-state index contributed by atoms with van der Waals surface area (Å²) in [5.41, 5.74) is 11.1. The number of rotatable bonds is 16. The minimum Gasteiger partial charge on any atom is -0.480 e. The molecule has 11 nitrogen and oxygen atoms in total. The van der Waals surface area contributed by atoms with Crippen LogP contribution in [-0.4, -0.2) is 58.9 Å². The third kappa shape index (κ3) is 11.0. The maximum Gasteiger partial charge on any atom is 0.326 e. The van der Waals surface area contributed by atoms with Gasteiger partial charge < -0.3 is 32.5 Å². The van der Waals surface area contributed by atoms with Crippen LogP contribution in [0, 0.1) is 17.8 Å². The maximum atomic E-state index is 13.1. The van der Waals surface area contributed by atoms with Gasteiger partial charge in [0.2, 0.25) is 23.6 Å². The summed E-state index contributed by atoms with van der Waals surface area (Å²) in [6.07, 6.45) is 1.15. The van der Waals surface area contributed by atoms with Crippen LogP contribution >= 0.6 is 0 Å². The zero-order chi connectivity index (χ0) is 26.6. The van der Waals surface area contributed by atoms with E-state index in [9.17, 15) is 29.1 Å². The molecule has 0 rings (SSSR count). The van der Waals surface area contributed by atoms with Crippen LogP contribution in [0.3, 0.4) is 0 Å². The second-order valence-corrected chi connectivity index (χ2v) is 9.38. The molecule has 0 saturated carbocycles.